The van der Waals surface area contributed by atoms with Gasteiger partial charge in [0.2, 0.25) is 0 Å². The van der Waals surface area contributed by atoms with Gasteiger partial charge in [0.05, 0.1) is 0 Å². The van der Waals surface area contributed by atoms with E-state index in [0.29, 0.717) is 0 Å². The average Bonchev–Trinajstić information content (AvgIpc) is 2.19. The highest BCUT2D eigenvalue weighted by Gasteiger charge is 2.19. The van der Waals surface area contributed by atoms with Crippen molar-refractivity contribution in [2.24, 2.45) is 0 Å². The summed E-state index contributed by atoms with van der Waals surface area (Å²) in [4.78, 5) is 2.66. The van der Waals surface area contributed by atoms with Crippen molar-refractivity contribution in [1.29, 1.82) is 0 Å². The van der Waals surface area contributed by atoms with Gasteiger partial charge in [0.15, 0.2) is 0 Å². The molecule has 1 aliphatic rings. The summed E-state index contributed by atoms with van der Waals surface area (Å²) in [5.41, 5.74) is 0. The Morgan fingerprint density at radius 1 is 1.31 bits per heavy atom. The third kappa shape index (κ3) is 3.65. The van der Waals surface area contributed by atoms with Gasteiger partial charge in [-0.2, -0.15) is 0 Å². The lowest BCUT2D eigenvalue weighted by molar-refractivity contribution is 0.145. The Bertz CT molecular complexity index is 125. The van der Waals surface area contributed by atoms with E-state index in [-0.39, 0.29) is 0 Å². The first-order valence-corrected chi connectivity index (χ1v) is 5.83. The average molecular weight is 184 g/mol. The van der Waals surface area contributed by atoms with E-state index < -0.39 is 0 Å². The number of rotatable bonds is 5. The van der Waals surface area contributed by atoms with Crippen LogP contribution in [0.4, 0.5) is 0 Å². The van der Waals surface area contributed by atoms with Gasteiger partial charge in [0, 0.05) is 19.1 Å². The normalized spacial score (nSPS) is 24.9. The number of hydrogen-bond donors (Lipinski definition) is 1. The Morgan fingerprint density at radius 3 is 2.85 bits per heavy atom. The first-order valence-electron chi connectivity index (χ1n) is 5.83. The van der Waals surface area contributed by atoms with Crippen molar-refractivity contribution in [1.82, 2.24) is 10.2 Å². The quantitative estimate of drug-likeness (QED) is 0.656. The van der Waals surface area contributed by atoms with Crippen LogP contribution in [-0.4, -0.2) is 37.1 Å². The first kappa shape index (κ1) is 11.0. The SMILES string of the molecule is CCNCCN1CCCC[C@@H]1CC. The van der Waals surface area contributed by atoms with Gasteiger partial charge in [-0.25, -0.2) is 0 Å². The van der Waals surface area contributed by atoms with Crippen molar-refractivity contribution in [2.45, 2.75) is 45.6 Å². The summed E-state index contributed by atoms with van der Waals surface area (Å²) in [7, 11) is 0. The highest BCUT2D eigenvalue weighted by atomic mass is 15.2. The molecule has 0 bridgehead atoms. The second-order valence-electron chi connectivity index (χ2n) is 3.95. The van der Waals surface area contributed by atoms with Gasteiger partial charge in [-0.15, -0.1) is 0 Å². The predicted octanol–water partition coefficient (Wildman–Crippen LogP) is 1.86. The lowest BCUT2D eigenvalue weighted by Crippen LogP contribution is -2.42. The summed E-state index contributed by atoms with van der Waals surface area (Å²) >= 11 is 0. The molecule has 1 saturated heterocycles. The van der Waals surface area contributed by atoms with Gasteiger partial charge in [0.25, 0.3) is 0 Å². The van der Waals surface area contributed by atoms with E-state index in [1.807, 2.05) is 0 Å². The molecule has 1 rings (SSSR count). The molecule has 1 heterocycles. The molecule has 0 aliphatic carbocycles. The second-order valence-corrected chi connectivity index (χ2v) is 3.95. The maximum absolute atomic E-state index is 3.40. The molecule has 0 spiro atoms. The zero-order valence-corrected chi connectivity index (χ0v) is 9.18. The summed E-state index contributed by atoms with van der Waals surface area (Å²) in [6.07, 6.45) is 5.59. The van der Waals surface area contributed by atoms with Crippen LogP contribution in [0.5, 0.6) is 0 Å². The largest absolute Gasteiger partial charge is 0.316 e. The zero-order valence-electron chi connectivity index (χ0n) is 9.18. The third-order valence-electron chi connectivity index (χ3n) is 3.05. The monoisotopic (exact) mass is 184 g/mol. The van der Waals surface area contributed by atoms with Crippen molar-refractivity contribution in [2.75, 3.05) is 26.2 Å². The lowest BCUT2D eigenvalue weighted by Gasteiger charge is -2.35. The van der Waals surface area contributed by atoms with Crippen molar-refractivity contribution in [3.8, 4) is 0 Å². The van der Waals surface area contributed by atoms with Crippen LogP contribution in [0.1, 0.15) is 39.5 Å². The molecule has 0 unspecified atom stereocenters. The Balaban J connectivity index is 2.19. The summed E-state index contributed by atoms with van der Waals surface area (Å²) < 4.78 is 0. The van der Waals surface area contributed by atoms with E-state index >= 15 is 0 Å². The molecule has 0 saturated carbocycles. The van der Waals surface area contributed by atoms with E-state index in [1.165, 1.54) is 38.8 Å². The van der Waals surface area contributed by atoms with E-state index in [1.54, 1.807) is 0 Å². The summed E-state index contributed by atoms with van der Waals surface area (Å²) in [6.45, 7) is 9.32. The van der Waals surface area contributed by atoms with E-state index in [0.717, 1.165) is 19.1 Å². The topological polar surface area (TPSA) is 15.3 Å². The Morgan fingerprint density at radius 2 is 2.15 bits per heavy atom. The Labute approximate surface area is 82.7 Å². The van der Waals surface area contributed by atoms with Crippen LogP contribution < -0.4 is 5.32 Å². The fourth-order valence-corrected chi connectivity index (χ4v) is 2.22. The summed E-state index contributed by atoms with van der Waals surface area (Å²) in [6, 6.07) is 0.868. The standard InChI is InChI=1S/C11H24N2/c1-3-11-7-5-6-9-13(11)10-8-12-4-2/h11-12H,3-10H2,1-2H3/t11-/m0/s1. The molecule has 0 amide bonds. The van der Waals surface area contributed by atoms with E-state index in [4.69, 9.17) is 0 Å². The molecule has 0 aromatic rings. The maximum Gasteiger partial charge on any atom is 0.0110 e. The fraction of sp³-hybridized carbons (Fsp3) is 1.00. The number of nitrogens with zero attached hydrogens (tertiary/aromatic N) is 1. The van der Waals surface area contributed by atoms with Crippen LogP contribution in [0.3, 0.4) is 0 Å². The van der Waals surface area contributed by atoms with Crippen molar-refractivity contribution >= 4 is 0 Å². The number of likely N-dealkylation sites (N-methyl/N-ethyl adjacent to an activating group) is 1. The molecule has 2 nitrogen and oxygen atoms in total. The minimum absolute atomic E-state index is 0.868. The molecule has 1 aliphatic heterocycles. The van der Waals surface area contributed by atoms with Crippen LogP contribution in [-0.2, 0) is 0 Å². The van der Waals surface area contributed by atoms with Gasteiger partial charge >= 0.3 is 0 Å². The minimum atomic E-state index is 0.868. The molecule has 1 atom stereocenters. The van der Waals surface area contributed by atoms with Crippen molar-refractivity contribution in [3.05, 3.63) is 0 Å². The highest BCUT2D eigenvalue weighted by molar-refractivity contribution is 4.75. The summed E-state index contributed by atoms with van der Waals surface area (Å²) in [5, 5.41) is 3.40. The number of nitrogens with one attached hydrogen (secondary N) is 1. The molecule has 0 aromatic heterocycles. The first-order chi connectivity index (χ1) is 6.38. The predicted molar refractivity (Wildman–Crippen MR) is 58.0 cm³/mol. The van der Waals surface area contributed by atoms with Crippen LogP contribution in [0, 0.1) is 0 Å². The number of likely N-dealkylation sites (tertiary alicyclic amines) is 1. The fourth-order valence-electron chi connectivity index (χ4n) is 2.22. The van der Waals surface area contributed by atoms with Crippen LogP contribution in [0.2, 0.25) is 0 Å². The maximum atomic E-state index is 3.40. The molecule has 1 N–H and O–H groups in total. The molecule has 78 valence electrons. The Kier molecular flexibility index (Phi) is 5.40. The molecule has 1 fully saturated rings. The molecule has 0 radical (unpaired) electrons. The van der Waals surface area contributed by atoms with Crippen LogP contribution >= 0.6 is 0 Å². The van der Waals surface area contributed by atoms with Crippen LogP contribution in [0.15, 0.2) is 0 Å². The zero-order chi connectivity index (χ0) is 9.52. The molecule has 13 heavy (non-hydrogen) atoms. The van der Waals surface area contributed by atoms with E-state index in [2.05, 4.69) is 24.1 Å². The lowest BCUT2D eigenvalue weighted by atomic mass is 10.0. The van der Waals surface area contributed by atoms with Crippen molar-refractivity contribution in [3.63, 3.8) is 0 Å². The number of piperidine rings is 1. The molecule has 2 heteroatoms. The second kappa shape index (κ2) is 6.39. The van der Waals surface area contributed by atoms with Gasteiger partial charge in [-0.05, 0) is 32.4 Å². The third-order valence-corrected chi connectivity index (χ3v) is 3.05. The van der Waals surface area contributed by atoms with Gasteiger partial charge in [-0.3, -0.25) is 4.90 Å². The van der Waals surface area contributed by atoms with E-state index in [9.17, 15) is 0 Å². The Hall–Kier alpha value is -0.0800. The molecule has 0 aromatic carbocycles. The van der Waals surface area contributed by atoms with Gasteiger partial charge in [-0.1, -0.05) is 20.3 Å². The van der Waals surface area contributed by atoms with Gasteiger partial charge in [0.1, 0.15) is 0 Å². The minimum Gasteiger partial charge on any atom is -0.316 e. The van der Waals surface area contributed by atoms with Crippen molar-refractivity contribution < 1.29 is 0 Å². The smallest absolute Gasteiger partial charge is 0.0110 e. The number of hydrogen-bond acceptors (Lipinski definition) is 2. The summed E-state index contributed by atoms with van der Waals surface area (Å²) in [5.74, 6) is 0. The molecular weight excluding hydrogens is 160 g/mol. The van der Waals surface area contributed by atoms with Gasteiger partial charge < -0.3 is 5.32 Å². The van der Waals surface area contributed by atoms with Crippen LogP contribution in [0.25, 0.3) is 0 Å². The highest BCUT2D eigenvalue weighted by Crippen LogP contribution is 2.18. The molecular formula is C11H24N2.